The van der Waals surface area contributed by atoms with E-state index in [0.29, 0.717) is 0 Å². The van der Waals surface area contributed by atoms with Gasteiger partial charge in [0.25, 0.3) is 0 Å². The Hall–Kier alpha value is -4.63. The minimum absolute atomic E-state index is 0.155. The van der Waals surface area contributed by atoms with E-state index in [9.17, 15) is 0 Å². The van der Waals surface area contributed by atoms with Gasteiger partial charge in [0.1, 0.15) is 11.5 Å². The third kappa shape index (κ3) is 4.54. The zero-order chi connectivity index (χ0) is 30.9. The normalized spacial score (nSPS) is 11.8. The van der Waals surface area contributed by atoms with Crippen LogP contribution in [0, 0.1) is 55.4 Å². The molecule has 0 spiro atoms. The Kier molecular flexibility index (Phi) is 6.74. The molecule has 1 aliphatic rings. The topological polar surface area (TPSA) is 22.1 Å². The predicted octanol–water partition coefficient (Wildman–Crippen LogP) is 8.66. The smallest absolute Gasteiger partial charge is 0.243 e. The van der Waals surface area contributed by atoms with Gasteiger partial charge in [-0.1, -0.05) is 115 Å². The van der Waals surface area contributed by atoms with Gasteiger partial charge in [-0.25, -0.2) is 0 Å². The van der Waals surface area contributed by atoms with Gasteiger partial charge in [-0.3, -0.25) is 4.98 Å². The van der Waals surface area contributed by atoms with E-state index in [2.05, 4.69) is 127 Å². The summed E-state index contributed by atoms with van der Waals surface area (Å²) in [5.41, 5.74) is 20.5. The summed E-state index contributed by atoms with van der Waals surface area (Å²) in [7, 11) is 0. The maximum absolute atomic E-state index is 6.48. The molecule has 0 radical (unpaired) electrons. The molecule has 0 fully saturated rings. The molecular formula is C41H38BNO. The lowest BCUT2D eigenvalue weighted by Crippen LogP contribution is -2.57. The van der Waals surface area contributed by atoms with Crippen LogP contribution in [0.25, 0.3) is 33.2 Å². The van der Waals surface area contributed by atoms with E-state index in [4.69, 9.17) is 4.74 Å². The molecule has 3 heteroatoms. The third-order valence-corrected chi connectivity index (χ3v) is 9.49. The van der Waals surface area contributed by atoms with Crippen LogP contribution in [0.4, 0.5) is 0 Å². The largest absolute Gasteiger partial charge is 0.456 e. The van der Waals surface area contributed by atoms with Gasteiger partial charge in [0, 0.05) is 11.8 Å². The molecule has 0 bridgehead atoms. The van der Waals surface area contributed by atoms with Gasteiger partial charge in [-0.15, -0.1) is 0 Å². The highest BCUT2D eigenvalue weighted by molar-refractivity contribution is 6.97. The molecule has 0 unspecified atom stereocenters. The number of hydrogen-bond acceptors (Lipinski definition) is 2. The summed E-state index contributed by atoms with van der Waals surface area (Å²) in [5, 5.41) is 1.08. The van der Waals surface area contributed by atoms with E-state index < -0.39 is 0 Å². The number of ether oxygens (including phenoxy) is 1. The van der Waals surface area contributed by atoms with Crippen molar-refractivity contribution in [1.29, 1.82) is 0 Å². The first kappa shape index (κ1) is 28.2. The molecule has 0 saturated carbocycles. The van der Waals surface area contributed by atoms with Crippen LogP contribution >= 0.6 is 0 Å². The Balaban J connectivity index is 1.39. The van der Waals surface area contributed by atoms with Crippen molar-refractivity contribution in [3.63, 3.8) is 0 Å². The number of fused-ring (bicyclic) bond motifs is 2. The number of hydrogen-bond donors (Lipinski definition) is 0. The molecule has 5 aromatic carbocycles. The fraction of sp³-hybridized carbons (Fsp3) is 0.195. The van der Waals surface area contributed by atoms with Gasteiger partial charge in [-0.05, 0) is 96.3 Å². The molecule has 0 N–H and O–H groups in total. The van der Waals surface area contributed by atoms with Gasteiger partial charge in [0.2, 0.25) is 6.71 Å². The standard InChI is InChI=1S/C41H38BNO/c1-23-16-25(3)39(26(4)17-23)42(40-27(5)18-24(2)19-28(40)6)41-29(7)20-32(21-30(41)8)31-12-13-33-34-10-9-11-35-38(34)36(14-15-43-35)44-37(33)22-31/h9-22H,1-8H3. The second kappa shape index (κ2) is 10.5. The molecule has 0 atom stereocenters. The van der Waals surface area contributed by atoms with Crippen molar-refractivity contribution in [3.8, 4) is 33.8 Å². The lowest BCUT2D eigenvalue weighted by molar-refractivity contribution is 0.487. The highest BCUT2D eigenvalue weighted by Gasteiger charge is 2.31. The fourth-order valence-corrected chi connectivity index (χ4v) is 7.93. The van der Waals surface area contributed by atoms with Crippen molar-refractivity contribution in [2.45, 2.75) is 55.4 Å². The van der Waals surface area contributed by atoms with E-state index in [-0.39, 0.29) is 6.71 Å². The van der Waals surface area contributed by atoms with Crippen molar-refractivity contribution in [2.75, 3.05) is 0 Å². The molecule has 1 aliphatic heterocycles. The van der Waals surface area contributed by atoms with Crippen LogP contribution in [0.3, 0.4) is 0 Å². The number of aromatic nitrogens is 1. The Bertz CT molecular complexity index is 2010. The van der Waals surface area contributed by atoms with Gasteiger partial charge >= 0.3 is 0 Å². The van der Waals surface area contributed by atoms with Crippen LogP contribution in [0.1, 0.15) is 44.5 Å². The lowest BCUT2D eigenvalue weighted by atomic mass is 9.33. The van der Waals surface area contributed by atoms with E-state index in [1.807, 2.05) is 18.3 Å². The van der Waals surface area contributed by atoms with Crippen molar-refractivity contribution in [2.24, 2.45) is 0 Å². The van der Waals surface area contributed by atoms with Crippen LogP contribution in [-0.2, 0) is 0 Å². The first-order valence-corrected chi connectivity index (χ1v) is 15.6. The summed E-state index contributed by atoms with van der Waals surface area (Å²) in [6.07, 6.45) is 1.83. The van der Waals surface area contributed by atoms with Crippen molar-refractivity contribution in [1.82, 2.24) is 4.98 Å². The van der Waals surface area contributed by atoms with Crippen LogP contribution in [-0.4, -0.2) is 11.7 Å². The number of rotatable bonds is 4. The molecule has 216 valence electrons. The molecule has 0 aliphatic carbocycles. The molecule has 0 amide bonds. The van der Waals surface area contributed by atoms with Crippen molar-refractivity contribution < 1.29 is 4.74 Å². The summed E-state index contributed by atoms with van der Waals surface area (Å²) >= 11 is 0. The molecule has 2 heterocycles. The lowest BCUT2D eigenvalue weighted by Gasteiger charge is -2.27. The average Bonchev–Trinajstić information content (AvgIpc) is 2.95. The first-order valence-electron chi connectivity index (χ1n) is 15.6. The minimum atomic E-state index is 0.155. The summed E-state index contributed by atoms with van der Waals surface area (Å²) < 4.78 is 6.48. The molecule has 2 nitrogen and oxygen atoms in total. The second-order valence-corrected chi connectivity index (χ2v) is 12.9. The number of pyridine rings is 1. The maximum Gasteiger partial charge on any atom is 0.243 e. The molecule has 0 saturated heterocycles. The van der Waals surface area contributed by atoms with E-state index in [0.717, 1.165) is 33.5 Å². The molecule has 44 heavy (non-hydrogen) atoms. The highest BCUT2D eigenvalue weighted by Crippen LogP contribution is 2.47. The summed E-state index contributed by atoms with van der Waals surface area (Å²) in [6.45, 7) is 18.2. The Morgan fingerprint density at radius 1 is 0.500 bits per heavy atom. The Morgan fingerprint density at radius 3 is 1.61 bits per heavy atom. The highest BCUT2D eigenvalue weighted by atomic mass is 16.5. The zero-order valence-electron chi connectivity index (χ0n) is 27.0. The van der Waals surface area contributed by atoms with E-state index in [1.54, 1.807) is 0 Å². The number of aryl methyl sites for hydroxylation is 8. The minimum Gasteiger partial charge on any atom is -0.456 e. The number of benzene rings is 5. The molecular weight excluding hydrogens is 533 g/mol. The second-order valence-electron chi connectivity index (χ2n) is 12.9. The summed E-state index contributed by atoms with van der Waals surface area (Å²) in [4.78, 5) is 4.56. The Morgan fingerprint density at radius 2 is 1.05 bits per heavy atom. The monoisotopic (exact) mass is 571 g/mol. The van der Waals surface area contributed by atoms with Crippen molar-refractivity contribution >= 4 is 34.0 Å². The maximum atomic E-state index is 6.48. The Labute approximate surface area is 261 Å². The number of nitrogens with zero attached hydrogens (tertiary/aromatic N) is 1. The van der Waals surface area contributed by atoms with Crippen LogP contribution < -0.4 is 21.1 Å². The van der Waals surface area contributed by atoms with Crippen molar-refractivity contribution in [3.05, 3.63) is 130 Å². The van der Waals surface area contributed by atoms with Gasteiger partial charge in [0.05, 0.1) is 10.9 Å². The summed E-state index contributed by atoms with van der Waals surface area (Å²) in [6, 6.07) is 29.0. The van der Waals surface area contributed by atoms with Crippen LogP contribution in [0.2, 0.25) is 0 Å². The van der Waals surface area contributed by atoms with E-state index in [1.165, 1.54) is 72.0 Å². The fourth-order valence-electron chi connectivity index (χ4n) is 7.93. The molecule has 1 aromatic heterocycles. The van der Waals surface area contributed by atoms with Gasteiger partial charge in [-0.2, -0.15) is 0 Å². The van der Waals surface area contributed by atoms with Crippen LogP contribution in [0.15, 0.2) is 85.1 Å². The van der Waals surface area contributed by atoms with Gasteiger partial charge < -0.3 is 4.74 Å². The first-order chi connectivity index (χ1) is 21.1. The summed E-state index contributed by atoms with van der Waals surface area (Å²) in [5.74, 6) is 1.76. The predicted molar refractivity (Wildman–Crippen MR) is 188 cm³/mol. The van der Waals surface area contributed by atoms with Gasteiger partial charge in [0.15, 0.2) is 0 Å². The van der Waals surface area contributed by atoms with E-state index >= 15 is 0 Å². The molecule has 7 rings (SSSR count). The quantitative estimate of drug-likeness (QED) is 0.197. The molecule has 6 aromatic rings. The van der Waals surface area contributed by atoms with Crippen LogP contribution in [0.5, 0.6) is 11.5 Å². The third-order valence-electron chi connectivity index (χ3n) is 9.49. The zero-order valence-corrected chi connectivity index (χ0v) is 27.0. The average molecular weight is 572 g/mol. The SMILES string of the molecule is Cc1cc(C)c(B(c2c(C)cc(C)cc2C)c2c(C)cc(-c3ccc4c(c3)Oc3ccnc5cccc-4c35)cc2C)c(C)c1.